The number of aromatic nitrogens is 1. The Balaban J connectivity index is 1.59. The number of carbonyl (C=O) groups is 1. The topological polar surface area (TPSA) is 57.3 Å². The van der Waals surface area contributed by atoms with Crippen LogP contribution in [0, 0.1) is 0 Å². The summed E-state index contributed by atoms with van der Waals surface area (Å²) in [5.41, 5.74) is 2.74. The summed E-state index contributed by atoms with van der Waals surface area (Å²) in [6.45, 7) is 2.62. The minimum absolute atomic E-state index is 0.169. The van der Waals surface area contributed by atoms with Gasteiger partial charge in [-0.2, -0.15) is 0 Å². The minimum Gasteiger partial charge on any atom is -0.370 e. The van der Waals surface area contributed by atoms with Crippen molar-refractivity contribution in [1.82, 2.24) is 10.3 Å². The fourth-order valence-electron chi connectivity index (χ4n) is 2.67. The number of hydrogen-bond donors (Lipinski definition) is 2. The number of fused-ring (bicyclic) bond motifs is 1. The third-order valence-electron chi connectivity index (χ3n) is 4.28. The first-order valence-electron chi connectivity index (χ1n) is 8.31. The zero-order valence-electron chi connectivity index (χ0n) is 14.4. The van der Waals surface area contributed by atoms with Gasteiger partial charge in [-0.05, 0) is 43.3 Å². The summed E-state index contributed by atoms with van der Waals surface area (Å²) in [7, 11) is 2.02. The molecule has 0 radical (unpaired) electrons. The lowest BCUT2D eigenvalue weighted by Gasteiger charge is -2.27. The van der Waals surface area contributed by atoms with E-state index in [1.165, 1.54) is 0 Å². The number of anilines is 2. The van der Waals surface area contributed by atoms with Crippen molar-refractivity contribution in [3.63, 3.8) is 0 Å². The zero-order chi connectivity index (χ0) is 17.6. The van der Waals surface area contributed by atoms with Gasteiger partial charge in [0.2, 0.25) is 0 Å². The molecule has 0 aliphatic rings. The number of likely N-dealkylation sites (N-methyl/N-ethyl adjacent to an activating group) is 1. The van der Waals surface area contributed by atoms with Crippen LogP contribution in [0.5, 0.6) is 0 Å². The number of rotatable bonds is 5. The van der Waals surface area contributed by atoms with Gasteiger partial charge >= 0.3 is 6.03 Å². The first kappa shape index (κ1) is 16.8. The van der Waals surface area contributed by atoms with E-state index in [0.29, 0.717) is 6.54 Å². The minimum atomic E-state index is -0.218. The average molecular weight is 334 g/mol. The van der Waals surface area contributed by atoms with E-state index in [1.807, 2.05) is 55.6 Å². The molecule has 0 fully saturated rings. The van der Waals surface area contributed by atoms with Crippen molar-refractivity contribution in [3.05, 3.63) is 66.9 Å². The third-order valence-corrected chi connectivity index (χ3v) is 4.28. The highest BCUT2D eigenvalue weighted by atomic mass is 16.2. The lowest BCUT2D eigenvalue weighted by atomic mass is 10.2. The molecule has 128 valence electrons. The van der Waals surface area contributed by atoms with E-state index in [1.54, 1.807) is 6.20 Å². The quantitative estimate of drug-likeness (QED) is 0.744. The molecular formula is C20H22N4O. The van der Waals surface area contributed by atoms with Gasteiger partial charge in [-0.1, -0.05) is 24.3 Å². The Morgan fingerprint density at radius 3 is 2.68 bits per heavy atom. The van der Waals surface area contributed by atoms with E-state index in [-0.39, 0.29) is 12.1 Å². The number of pyridine rings is 1. The number of amides is 2. The fraction of sp³-hybridized carbons (Fsp3) is 0.200. The van der Waals surface area contributed by atoms with Crippen molar-refractivity contribution in [2.75, 3.05) is 23.8 Å². The molecule has 0 saturated heterocycles. The average Bonchev–Trinajstić information content (AvgIpc) is 2.66. The van der Waals surface area contributed by atoms with Crippen LogP contribution < -0.4 is 15.5 Å². The molecule has 0 saturated carbocycles. The molecule has 0 spiro atoms. The first-order valence-corrected chi connectivity index (χ1v) is 8.31. The second kappa shape index (κ2) is 7.66. The molecule has 3 aromatic rings. The second-order valence-corrected chi connectivity index (χ2v) is 6.01. The van der Waals surface area contributed by atoms with Crippen LogP contribution in [0.15, 0.2) is 66.9 Å². The Labute approximate surface area is 147 Å². The molecule has 0 unspecified atom stereocenters. The fourth-order valence-corrected chi connectivity index (χ4v) is 2.67. The van der Waals surface area contributed by atoms with Gasteiger partial charge in [0.25, 0.3) is 0 Å². The molecule has 0 bridgehead atoms. The molecule has 25 heavy (non-hydrogen) atoms. The van der Waals surface area contributed by atoms with Crippen LogP contribution in [0.4, 0.5) is 16.2 Å². The van der Waals surface area contributed by atoms with Crippen molar-refractivity contribution in [2.24, 2.45) is 0 Å². The number of benzene rings is 2. The highest BCUT2D eigenvalue weighted by Gasteiger charge is 2.12. The van der Waals surface area contributed by atoms with E-state index < -0.39 is 0 Å². The van der Waals surface area contributed by atoms with E-state index in [0.717, 1.165) is 22.3 Å². The van der Waals surface area contributed by atoms with Crippen molar-refractivity contribution >= 4 is 28.3 Å². The van der Waals surface area contributed by atoms with Crippen LogP contribution in [0.2, 0.25) is 0 Å². The Morgan fingerprint density at radius 1 is 1.08 bits per heavy atom. The van der Waals surface area contributed by atoms with E-state index >= 15 is 0 Å². The summed E-state index contributed by atoms with van der Waals surface area (Å²) in [5.74, 6) is 0. The van der Waals surface area contributed by atoms with Crippen LogP contribution in [0.3, 0.4) is 0 Å². The first-order chi connectivity index (χ1) is 12.1. The van der Waals surface area contributed by atoms with Gasteiger partial charge in [0.1, 0.15) is 0 Å². The number of hydrogen-bond acceptors (Lipinski definition) is 3. The van der Waals surface area contributed by atoms with Crippen molar-refractivity contribution in [3.8, 4) is 0 Å². The summed E-state index contributed by atoms with van der Waals surface area (Å²) in [6.07, 6.45) is 1.74. The van der Waals surface area contributed by atoms with Crippen molar-refractivity contribution in [1.29, 1.82) is 0 Å². The van der Waals surface area contributed by atoms with Gasteiger partial charge in [-0.25, -0.2) is 4.79 Å². The molecule has 2 N–H and O–H groups in total. The van der Waals surface area contributed by atoms with E-state index in [9.17, 15) is 4.79 Å². The van der Waals surface area contributed by atoms with E-state index in [4.69, 9.17) is 0 Å². The summed E-state index contributed by atoms with van der Waals surface area (Å²) in [4.78, 5) is 18.7. The number of para-hydroxylation sites is 1. The molecule has 0 aliphatic carbocycles. The summed E-state index contributed by atoms with van der Waals surface area (Å²) < 4.78 is 0. The van der Waals surface area contributed by atoms with Gasteiger partial charge in [0.15, 0.2) is 0 Å². The van der Waals surface area contributed by atoms with Crippen molar-refractivity contribution in [2.45, 2.75) is 13.0 Å². The molecule has 3 rings (SSSR count). The molecule has 0 aliphatic heterocycles. The lowest BCUT2D eigenvalue weighted by molar-refractivity contribution is 0.251. The number of nitrogens with zero attached hydrogens (tertiary/aromatic N) is 2. The number of carbonyl (C=O) groups excluding carboxylic acids is 1. The lowest BCUT2D eigenvalue weighted by Crippen LogP contribution is -2.41. The molecule has 1 aromatic heterocycles. The van der Waals surface area contributed by atoms with Gasteiger partial charge < -0.3 is 15.5 Å². The summed E-state index contributed by atoms with van der Waals surface area (Å²) in [5, 5.41) is 6.77. The van der Waals surface area contributed by atoms with Crippen LogP contribution >= 0.6 is 0 Å². The number of urea groups is 1. The molecule has 5 heteroatoms. The SMILES string of the molecule is C[C@H](CNC(=O)Nc1cccc2ncccc12)N(C)c1ccccc1. The van der Waals surface area contributed by atoms with E-state index in [2.05, 4.69) is 39.6 Å². The van der Waals surface area contributed by atoms with Crippen LogP contribution in [-0.2, 0) is 0 Å². The largest absolute Gasteiger partial charge is 0.370 e. The van der Waals surface area contributed by atoms with Crippen LogP contribution in [-0.4, -0.2) is 30.6 Å². The molecule has 2 amide bonds. The monoisotopic (exact) mass is 334 g/mol. The van der Waals surface area contributed by atoms with Gasteiger partial charge in [0.05, 0.1) is 11.2 Å². The molecule has 5 nitrogen and oxygen atoms in total. The standard InChI is InChI=1S/C20H22N4O/c1-15(24(2)16-8-4-3-5-9-16)14-22-20(25)23-19-12-6-11-18-17(19)10-7-13-21-18/h3-13,15H,14H2,1-2H3,(H2,22,23,25)/t15-/m1/s1. The molecule has 1 atom stereocenters. The van der Waals surface area contributed by atoms with Gasteiger partial charge in [-0.3, -0.25) is 4.98 Å². The highest BCUT2D eigenvalue weighted by molar-refractivity contribution is 6.00. The summed E-state index contributed by atoms with van der Waals surface area (Å²) in [6, 6.07) is 19.6. The summed E-state index contributed by atoms with van der Waals surface area (Å²) >= 11 is 0. The molecular weight excluding hydrogens is 312 g/mol. The Kier molecular flexibility index (Phi) is 5.14. The predicted octanol–water partition coefficient (Wildman–Crippen LogP) is 3.88. The predicted molar refractivity (Wildman–Crippen MR) is 103 cm³/mol. The second-order valence-electron chi connectivity index (χ2n) is 6.01. The maximum absolute atomic E-state index is 12.3. The normalized spacial score (nSPS) is 11.8. The molecule has 2 aromatic carbocycles. The van der Waals surface area contributed by atoms with Crippen LogP contribution in [0.1, 0.15) is 6.92 Å². The Bertz CT molecular complexity index is 845. The Hall–Kier alpha value is -3.08. The molecule has 1 heterocycles. The maximum atomic E-state index is 12.3. The number of nitrogens with one attached hydrogen (secondary N) is 2. The smallest absolute Gasteiger partial charge is 0.319 e. The van der Waals surface area contributed by atoms with Crippen molar-refractivity contribution < 1.29 is 4.79 Å². The van der Waals surface area contributed by atoms with Crippen LogP contribution in [0.25, 0.3) is 10.9 Å². The third kappa shape index (κ3) is 4.07. The highest BCUT2D eigenvalue weighted by Crippen LogP contribution is 2.21. The zero-order valence-corrected chi connectivity index (χ0v) is 14.4. The Morgan fingerprint density at radius 2 is 1.88 bits per heavy atom. The van der Waals surface area contributed by atoms with Gasteiger partial charge in [0, 0.05) is 36.9 Å². The van der Waals surface area contributed by atoms with Gasteiger partial charge in [-0.15, -0.1) is 0 Å². The maximum Gasteiger partial charge on any atom is 0.319 e.